The van der Waals surface area contributed by atoms with E-state index in [9.17, 15) is 4.79 Å². The maximum atomic E-state index is 11.9. The molecule has 1 amide bonds. The van der Waals surface area contributed by atoms with Crippen molar-refractivity contribution >= 4 is 22.4 Å². The second kappa shape index (κ2) is 6.26. The molecule has 1 unspecified atom stereocenters. The lowest BCUT2D eigenvalue weighted by Crippen LogP contribution is -2.28. The third-order valence-corrected chi connectivity index (χ3v) is 2.97. The highest BCUT2D eigenvalue weighted by Gasteiger charge is 2.12. The Morgan fingerprint density at radius 3 is 3.05 bits per heavy atom. The van der Waals surface area contributed by atoms with Crippen LogP contribution in [0, 0.1) is 0 Å². The zero-order chi connectivity index (χ0) is 13.7. The number of methoxy groups -OCH3 is 1. The van der Waals surface area contributed by atoms with Crippen molar-refractivity contribution in [3.8, 4) is 0 Å². The van der Waals surface area contributed by atoms with Crippen LogP contribution in [0.25, 0.3) is 10.8 Å². The summed E-state index contributed by atoms with van der Waals surface area (Å²) in [6, 6.07) is 7.63. The summed E-state index contributed by atoms with van der Waals surface area (Å²) in [5.74, 6) is -0.117. The first kappa shape index (κ1) is 13.5. The van der Waals surface area contributed by atoms with E-state index in [1.54, 1.807) is 19.5 Å². The molecule has 1 heterocycles. The number of rotatable bonds is 5. The van der Waals surface area contributed by atoms with Crippen molar-refractivity contribution in [2.75, 3.05) is 19.0 Å². The summed E-state index contributed by atoms with van der Waals surface area (Å²) >= 11 is 0. The number of benzene rings is 1. The molecule has 5 nitrogen and oxygen atoms in total. The minimum Gasteiger partial charge on any atom is -0.380 e. The molecule has 2 aromatic rings. The highest BCUT2D eigenvalue weighted by Crippen LogP contribution is 2.22. The molecule has 0 saturated heterocycles. The first-order valence-corrected chi connectivity index (χ1v) is 6.10. The van der Waals surface area contributed by atoms with E-state index in [4.69, 9.17) is 10.5 Å². The molecule has 100 valence electrons. The van der Waals surface area contributed by atoms with Gasteiger partial charge in [0.05, 0.1) is 18.2 Å². The van der Waals surface area contributed by atoms with Gasteiger partial charge in [0.2, 0.25) is 5.91 Å². The SMILES string of the molecule is COC(CN)CC(=O)Nc1cccc2ccncc12. The van der Waals surface area contributed by atoms with Crippen molar-refractivity contribution in [1.29, 1.82) is 0 Å². The van der Waals surface area contributed by atoms with E-state index in [1.165, 1.54) is 0 Å². The Hall–Kier alpha value is -1.98. The fourth-order valence-electron chi connectivity index (χ4n) is 1.89. The highest BCUT2D eigenvalue weighted by atomic mass is 16.5. The third kappa shape index (κ3) is 3.27. The highest BCUT2D eigenvalue weighted by molar-refractivity contribution is 6.01. The van der Waals surface area contributed by atoms with E-state index in [2.05, 4.69) is 10.3 Å². The smallest absolute Gasteiger partial charge is 0.227 e. The molecule has 0 aliphatic carbocycles. The van der Waals surface area contributed by atoms with Crippen molar-refractivity contribution in [2.24, 2.45) is 5.73 Å². The average molecular weight is 259 g/mol. The number of nitrogens with two attached hydrogens (primary N) is 1. The molecule has 0 aliphatic rings. The molecular weight excluding hydrogens is 242 g/mol. The number of carbonyl (C=O) groups excluding carboxylic acids is 1. The van der Waals surface area contributed by atoms with E-state index in [-0.39, 0.29) is 18.4 Å². The average Bonchev–Trinajstić information content (AvgIpc) is 2.45. The van der Waals surface area contributed by atoms with Gasteiger partial charge in [-0.15, -0.1) is 0 Å². The van der Waals surface area contributed by atoms with Gasteiger partial charge in [0, 0.05) is 31.4 Å². The summed E-state index contributed by atoms with van der Waals surface area (Å²) in [6.07, 6.45) is 3.45. The second-order valence-corrected chi connectivity index (χ2v) is 4.25. The first-order valence-electron chi connectivity index (χ1n) is 6.10. The van der Waals surface area contributed by atoms with Crippen molar-refractivity contribution < 1.29 is 9.53 Å². The fraction of sp³-hybridized carbons (Fsp3) is 0.286. The third-order valence-electron chi connectivity index (χ3n) is 2.97. The van der Waals surface area contributed by atoms with Crippen LogP contribution in [-0.4, -0.2) is 30.6 Å². The lowest BCUT2D eigenvalue weighted by molar-refractivity contribution is -0.118. The number of pyridine rings is 1. The molecule has 1 aromatic heterocycles. The molecule has 3 N–H and O–H groups in total. The fourth-order valence-corrected chi connectivity index (χ4v) is 1.89. The van der Waals surface area contributed by atoms with Crippen LogP contribution in [0.15, 0.2) is 36.7 Å². The van der Waals surface area contributed by atoms with Crippen LogP contribution in [0.2, 0.25) is 0 Å². The molecule has 0 fully saturated rings. The van der Waals surface area contributed by atoms with Crippen molar-refractivity contribution in [1.82, 2.24) is 4.98 Å². The normalized spacial score (nSPS) is 12.3. The van der Waals surface area contributed by atoms with Gasteiger partial charge in [0.15, 0.2) is 0 Å². The van der Waals surface area contributed by atoms with Crippen LogP contribution >= 0.6 is 0 Å². The van der Waals surface area contributed by atoms with Gasteiger partial charge in [0.1, 0.15) is 0 Å². The molecule has 2 rings (SSSR count). The van der Waals surface area contributed by atoms with Gasteiger partial charge in [0.25, 0.3) is 0 Å². The molecule has 5 heteroatoms. The summed E-state index contributed by atoms with van der Waals surface area (Å²) in [5.41, 5.74) is 6.25. The Morgan fingerprint density at radius 2 is 2.32 bits per heavy atom. The van der Waals surface area contributed by atoms with E-state index in [1.807, 2.05) is 24.3 Å². The Morgan fingerprint density at radius 1 is 1.47 bits per heavy atom. The minimum atomic E-state index is -0.256. The van der Waals surface area contributed by atoms with Gasteiger partial charge in [-0.2, -0.15) is 0 Å². The monoisotopic (exact) mass is 259 g/mol. The van der Waals surface area contributed by atoms with Crippen molar-refractivity contribution in [3.05, 3.63) is 36.7 Å². The summed E-state index contributed by atoms with van der Waals surface area (Å²) in [5, 5.41) is 4.82. The van der Waals surface area contributed by atoms with Crippen molar-refractivity contribution in [2.45, 2.75) is 12.5 Å². The van der Waals surface area contributed by atoms with Crippen molar-refractivity contribution in [3.63, 3.8) is 0 Å². The van der Waals surface area contributed by atoms with Crippen LogP contribution in [0.3, 0.4) is 0 Å². The Bertz CT molecular complexity index is 562. The predicted octanol–water partition coefficient (Wildman–Crippen LogP) is 1.54. The zero-order valence-electron chi connectivity index (χ0n) is 10.8. The molecule has 0 aliphatic heterocycles. The van der Waals surface area contributed by atoms with Gasteiger partial charge in [-0.3, -0.25) is 9.78 Å². The lowest BCUT2D eigenvalue weighted by Gasteiger charge is -2.13. The molecule has 1 aromatic carbocycles. The predicted molar refractivity (Wildman–Crippen MR) is 74.8 cm³/mol. The molecule has 0 radical (unpaired) electrons. The number of carbonyl (C=O) groups is 1. The lowest BCUT2D eigenvalue weighted by atomic mass is 10.1. The number of nitrogens with zero attached hydrogens (tertiary/aromatic N) is 1. The van der Waals surface area contributed by atoms with E-state index in [0.29, 0.717) is 6.54 Å². The number of amides is 1. The standard InChI is InChI=1S/C14H17N3O2/c1-19-11(8-15)7-14(18)17-13-4-2-3-10-5-6-16-9-12(10)13/h2-6,9,11H,7-8,15H2,1H3,(H,17,18). The molecular formula is C14H17N3O2. The number of ether oxygens (including phenoxy) is 1. The second-order valence-electron chi connectivity index (χ2n) is 4.25. The maximum absolute atomic E-state index is 11.9. The number of fused-ring (bicyclic) bond motifs is 1. The van der Waals surface area contributed by atoms with Crippen LogP contribution < -0.4 is 11.1 Å². The first-order chi connectivity index (χ1) is 9.24. The summed E-state index contributed by atoms with van der Waals surface area (Å²) in [6.45, 7) is 0.320. The van der Waals surface area contributed by atoms with Gasteiger partial charge in [-0.05, 0) is 17.5 Å². The molecule has 0 saturated carbocycles. The van der Waals surface area contributed by atoms with Crippen LogP contribution in [0.4, 0.5) is 5.69 Å². The van der Waals surface area contributed by atoms with E-state index in [0.717, 1.165) is 16.5 Å². The zero-order valence-corrected chi connectivity index (χ0v) is 10.8. The summed E-state index contributed by atoms with van der Waals surface area (Å²) < 4.78 is 5.10. The van der Waals surface area contributed by atoms with E-state index >= 15 is 0 Å². The van der Waals surface area contributed by atoms with Gasteiger partial charge in [-0.1, -0.05) is 12.1 Å². The van der Waals surface area contributed by atoms with Gasteiger partial charge in [-0.25, -0.2) is 0 Å². The summed E-state index contributed by atoms with van der Waals surface area (Å²) in [7, 11) is 1.55. The number of hydrogen-bond donors (Lipinski definition) is 2. The Balaban J connectivity index is 2.15. The van der Waals surface area contributed by atoms with Crippen LogP contribution in [0.5, 0.6) is 0 Å². The van der Waals surface area contributed by atoms with E-state index < -0.39 is 0 Å². The summed E-state index contributed by atoms with van der Waals surface area (Å²) in [4.78, 5) is 16.0. The number of hydrogen-bond acceptors (Lipinski definition) is 4. The van der Waals surface area contributed by atoms with Gasteiger partial charge < -0.3 is 15.8 Å². The Kier molecular flexibility index (Phi) is 4.43. The minimum absolute atomic E-state index is 0.117. The topological polar surface area (TPSA) is 77.2 Å². The van der Waals surface area contributed by atoms with Crippen LogP contribution in [-0.2, 0) is 9.53 Å². The molecule has 1 atom stereocenters. The number of anilines is 1. The largest absolute Gasteiger partial charge is 0.380 e. The Labute approximate surface area is 111 Å². The number of nitrogens with one attached hydrogen (secondary N) is 1. The maximum Gasteiger partial charge on any atom is 0.227 e. The van der Waals surface area contributed by atoms with Crippen LogP contribution in [0.1, 0.15) is 6.42 Å². The molecule has 0 bridgehead atoms. The number of aromatic nitrogens is 1. The molecule has 0 spiro atoms. The molecule has 19 heavy (non-hydrogen) atoms. The quantitative estimate of drug-likeness (QED) is 0.853. The van der Waals surface area contributed by atoms with Gasteiger partial charge >= 0.3 is 0 Å².